The molecule has 0 amide bonds. The molecule has 0 aromatic heterocycles. The Balaban J connectivity index is 3.02. The highest BCUT2D eigenvalue weighted by molar-refractivity contribution is 5.30. The van der Waals surface area contributed by atoms with Crippen LogP contribution in [0.2, 0.25) is 0 Å². The standard InChI is InChI=1S/C12H18O2/c1-3-11(13)9-7-5-6-8-10(9)12(14)4-2/h5-8,11-14H,3-4H2,1-2H3/t11-,12-/m1/s1. The van der Waals surface area contributed by atoms with Gasteiger partial charge >= 0.3 is 0 Å². The summed E-state index contributed by atoms with van der Waals surface area (Å²) >= 11 is 0. The summed E-state index contributed by atoms with van der Waals surface area (Å²) in [4.78, 5) is 0. The van der Waals surface area contributed by atoms with Crippen LogP contribution in [0.25, 0.3) is 0 Å². The number of aliphatic hydroxyl groups is 2. The quantitative estimate of drug-likeness (QED) is 0.773. The first kappa shape index (κ1) is 11.2. The summed E-state index contributed by atoms with van der Waals surface area (Å²) in [5.74, 6) is 0. The molecule has 1 aromatic rings. The van der Waals surface area contributed by atoms with Gasteiger partial charge in [0.05, 0.1) is 12.2 Å². The third-order valence-electron chi connectivity index (χ3n) is 2.49. The van der Waals surface area contributed by atoms with Crippen LogP contribution in [0.4, 0.5) is 0 Å². The third-order valence-corrected chi connectivity index (χ3v) is 2.49. The lowest BCUT2D eigenvalue weighted by Gasteiger charge is -2.17. The van der Waals surface area contributed by atoms with E-state index >= 15 is 0 Å². The maximum atomic E-state index is 9.74. The van der Waals surface area contributed by atoms with Gasteiger partial charge in [-0.05, 0) is 24.0 Å². The largest absolute Gasteiger partial charge is 0.388 e. The van der Waals surface area contributed by atoms with Crippen molar-refractivity contribution >= 4 is 0 Å². The van der Waals surface area contributed by atoms with Crippen LogP contribution in [0, 0.1) is 0 Å². The van der Waals surface area contributed by atoms with E-state index in [0.717, 1.165) is 11.1 Å². The van der Waals surface area contributed by atoms with Crippen molar-refractivity contribution in [1.29, 1.82) is 0 Å². The molecule has 0 saturated carbocycles. The second-order valence-corrected chi connectivity index (χ2v) is 3.48. The fraction of sp³-hybridized carbons (Fsp3) is 0.500. The van der Waals surface area contributed by atoms with Gasteiger partial charge < -0.3 is 10.2 Å². The van der Waals surface area contributed by atoms with Crippen molar-refractivity contribution in [3.05, 3.63) is 35.4 Å². The summed E-state index contributed by atoms with van der Waals surface area (Å²) in [6, 6.07) is 7.53. The zero-order valence-electron chi connectivity index (χ0n) is 8.77. The summed E-state index contributed by atoms with van der Waals surface area (Å²) in [7, 11) is 0. The van der Waals surface area contributed by atoms with Gasteiger partial charge in [0.2, 0.25) is 0 Å². The van der Waals surface area contributed by atoms with Crippen molar-refractivity contribution in [2.24, 2.45) is 0 Å². The Morgan fingerprint density at radius 2 is 1.29 bits per heavy atom. The molecule has 0 aliphatic rings. The van der Waals surface area contributed by atoms with Gasteiger partial charge in [0.15, 0.2) is 0 Å². The highest BCUT2D eigenvalue weighted by Crippen LogP contribution is 2.26. The molecule has 0 saturated heterocycles. The summed E-state index contributed by atoms with van der Waals surface area (Å²) in [6.45, 7) is 3.86. The van der Waals surface area contributed by atoms with Gasteiger partial charge in [-0.3, -0.25) is 0 Å². The minimum absolute atomic E-state index is 0.465. The zero-order valence-corrected chi connectivity index (χ0v) is 8.77. The van der Waals surface area contributed by atoms with Crippen molar-refractivity contribution in [3.8, 4) is 0 Å². The maximum Gasteiger partial charge on any atom is 0.0791 e. The minimum Gasteiger partial charge on any atom is -0.388 e. The first-order valence-electron chi connectivity index (χ1n) is 5.15. The molecule has 0 heterocycles. The molecule has 0 unspecified atom stereocenters. The molecule has 2 N–H and O–H groups in total. The molecule has 2 heteroatoms. The Bertz CT molecular complexity index is 254. The number of hydrogen-bond donors (Lipinski definition) is 2. The van der Waals surface area contributed by atoms with E-state index in [1.54, 1.807) is 0 Å². The van der Waals surface area contributed by atoms with E-state index in [9.17, 15) is 10.2 Å². The fourth-order valence-electron chi connectivity index (χ4n) is 1.56. The van der Waals surface area contributed by atoms with Crippen molar-refractivity contribution in [2.75, 3.05) is 0 Å². The Morgan fingerprint density at radius 3 is 1.57 bits per heavy atom. The summed E-state index contributed by atoms with van der Waals surface area (Å²) < 4.78 is 0. The average molecular weight is 194 g/mol. The molecule has 0 radical (unpaired) electrons. The molecule has 0 fully saturated rings. The minimum atomic E-state index is -0.465. The SMILES string of the molecule is CC[C@@H](O)c1ccccc1[C@H](O)CC. The predicted octanol–water partition coefficient (Wildman–Crippen LogP) is 2.57. The summed E-state index contributed by atoms with van der Waals surface area (Å²) in [5.41, 5.74) is 1.70. The van der Waals surface area contributed by atoms with Crippen LogP contribution in [0.15, 0.2) is 24.3 Å². The molecule has 0 spiro atoms. The molecule has 1 aromatic carbocycles. The van der Waals surface area contributed by atoms with Crippen LogP contribution in [0.5, 0.6) is 0 Å². The number of aliphatic hydroxyl groups excluding tert-OH is 2. The summed E-state index contributed by atoms with van der Waals surface area (Å²) in [5, 5.41) is 19.5. The molecular formula is C12H18O2. The molecule has 0 aliphatic heterocycles. The molecule has 14 heavy (non-hydrogen) atoms. The van der Waals surface area contributed by atoms with E-state index in [2.05, 4.69) is 0 Å². The number of rotatable bonds is 4. The smallest absolute Gasteiger partial charge is 0.0791 e. The molecule has 2 nitrogen and oxygen atoms in total. The molecular weight excluding hydrogens is 176 g/mol. The van der Waals surface area contributed by atoms with Gasteiger partial charge in [-0.1, -0.05) is 38.1 Å². The van der Waals surface area contributed by atoms with Crippen molar-refractivity contribution in [3.63, 3.8) is 0 Å². The first-order valence-corrected chi connectivity index (χ1v) is 5.15. The van der Waals surface area contributed by atoms with Crippen LogP contribution < -0.4 is 0 Å². The van der Waals surface area contributed by atoms with E-state index in [0.29, 0.717) is 12.8 Å². The van der Waals surface area contributed by atoms with E-state index in [-0.39, 0.29) is 0 Å². The lowest BCUT2D eigenvalue weighted by Crippen LogP contribution is -2.05. The van der Waals surface area contributed by atoms with Crippen LogP contribution in [0.3, 0.4) is 0 Å². The van der Waals surface area contributed by atoms with Gasteiger partial charge in [0, 0.05) is 0 Å². The van der Waals surface area contributed by atoms with Crippen LogP contribution >= 0.6 is 0 Å². The molecule has 1 rings (SSSR count). The Labute approximate surface area is 85.2 Å². The van der Waals surface area contributed by atoms with E-state index < -0.39 is 12.2 Å². The second kappa shape index (κ2) is 5.13. The van der Waals surface area contributed by atoms with Crippen molar-refractivity contribution < 1.29 is 10.2 Å². The van der Waals surface area contributed by atoms with E-state index in [4.69, 9.17) is 0 Å². The topological polar surface area (TPSA) is 40.5 Å². The normalized spacial score (nSPS) is 15.1. The van der Waals surface area contributed by atoms with Gasteiger partial charge in [0.1, 0.15) is 0 Å². The average Bonchev–Trinajstić information content (AvgIpc) is 2.27. The molecule has 2 atom stereocenters. The monoisotopic (exact) mass is 194 g/mol. The second-order valence-electron chi connectivity index (χ2n) is 3.48. The Morgan fingerprint density at radius 1 is 0.929 bits per heavy atom. The van der Waals surface area contributed by atoms with E-state index in [1.165, 1.54) is 0 Å². The number of hydrogen-bond acceptors (Lipinski definition) is 2. The van der Waals surface area contributed by atoms with E-state index in [1.807, 2.05) is 38.1 Å². The lowest BCUT2D eigenvalue weighted by molar-refractivity contribution is 0.150. The molecule has 0 aliphatic carbocycles. The highest BCUT2D eigenvalue weighted by Gasteiger charge is 2.14. The maximum absolute atomic E-state index is 9.74. The Hall–Kier alpha value is -0.860. The third kappa shape index (κ3) is 2.34. The zero-order chi connectivity index (χ0) is 10.6. The highest BCUT2D eigenvalue weighted by atomic mass is 16.3. The van der Waals surface area contributed by atoms with Crippen LogP contribution in [-0.4, -0.2) is 10.2 Å². The first-order chi connectivity index (χ1) is 6.70. The van der Waals surface area contributed by atoms with Crippen molar-refractivity contribution in [1.82, 2.24) is 0 Å². The fourth-order valence-corrected chi connectivity index (χ4v) is 1.56. The van der Waals surface area contributed by atoms with Gasteiger partial charge in [0.25, 0.3) is 0 Å². The Kier molecular flexibility index (Phi) is 4.11. The number of benzene rings is 1. The van der Waals surface area contributed by atoms with Crippen molar-refractivity contribution in [2.45, 2.75) is 38.9 Å². The van der Waals surface area contributed by atoms with Gasteiger partial charge in [-0.25, -0.2) is 0 Å². The molecule has 78 valence electrons. The van der Waals surface area contributed by atoms with Gasteiger partial charge in [-0.15, -0.1) is 0 Å². The lowest BCUT2D eigenvalue weighted by atomic mass is 9.96. The summed E-state index contributed by atoms with van der Waals surface area (Å²) in [6.07, 6.45) is 0.417. The van der Waals surface area contributed by atoms with Crippen LogP contribution in [-0.2, 0) is 0 Å². The predicted molar refractivity (Wildman–Crippen MR) is 56.9 cm³/mol. The van der Waals surface area contributed by atoms with Gasteiger partial charge in [-0.2, -0.15) is 0 Å². The molecule has 0 bridgehead atoms. The van der Waals surface area contributed by atoms with Crippen LogP contribution in [0.1, 0.15) is 50.0 Å².